The van der Waals surface area contributed by atoms with E-state index < -0.39 is 12.1 Å². The average molecular weight is 399 g/mol. The van der Waals surface area contributed by atoms with Gasteiger partial charge in [-0.3, -0.25) is 14.5 Å². The van der Waals surface area contributed by atoms with E-state index in [4.69, 9.17) is 5.73 Å². The molecule has 0 aromatic heterocycles. The molecular formula is C21H26FN5O2. The summed E-state index contributed by atoms with van der Waals surface area (Å²) in [4.78, 5) is 31.1. The second kappa shape index (κ2) is 7.73. The van der Waals surface area contributed by atoms with Gasteiger partial charge in [-0.25, -0.2) is 4.39 Å². The molecule has 2 bridgehead atoms. The highest BCUT2D eigenvalue weighted by Gasteiger charge is 2.51. The first-order valence-electron chi connectivity index (χ1n) is 10.2. The minimum absolute atomic E-state index is 0.0359. The Hall–Kier alpha value is -2.50. The normalized spacial score (nSPS) is 28.6. The zero-order valence-corrected chi connectivity index (χ0v) is 16.5. The molecule has 0 saturated carbocycles. The number of carbonyl (C=O) groups is 2. The van der Waals surface area contributed by atoms with Crippen molar-refractivity contribution in [2.24, 2.45) is 5.73 Å². The molecule has 154 valence electrons. The number of rotatable bonds is 5. The lowest BCUT2D eigenvalue weighted by Gasteiger charge is -2.38. The van der Waals surface area contributed by atoms with Crippen LogP contribution in [0.15, 0.2) is 24.3 Å². The van der Waals surface area contributed by atoms with Gasteiger partial charge in [0.2, 0.25) is 11.8 Å². The van der Waals surface area contributed by atoms with Gasteiger partial charge in [-0.1, -0.05) is 12.1 Å². The van der Waals surface area contributed by atoms with Crippen LogP contribution in [0.25, 0.3) is 0 Å². The number of nitrogens with two attached hydrogens (primary N) is 1. The molecular weight excluding hydrogens is 373 g/mol. The lowest BCUT2D eigenvalue weighted by atomic mass is 10.1. The highest BCUT2D eigenvalue weighted by Crippen LogP contribution is 2.38. The molecule has 3 unspecified atom stereocenters. The summed E-state index contributed by atoms with van der Waals surface area (Å²) in [5, 5.41) is 9.20. The second-order valence-corrected chi connectivity index (χ2v) is 8.26. The number of benzene rings is 1. The summed E-state index contributed by atoms with van der Waals surface area (Å²) in [7, 11) is 0. The van der Waals surface area contributed by atoms with Gasteiger partial charge in [0.1, 0.15) is 11.9 Å². The quantitative estimate of drug-likeness (QED) is 0.798. The van der Waals surface area contributed by atoms with Crippen molar-refractivity contribution >= 4 is 11.8 Å². The molecule has 2 amide bonds. The van der Waals surface area contributed by atoms with Crippen LogP contribution >= 0.6 is 0 Å². The van der Waals surface area contributed by atoms with E-state index in [9.17, 15) is 19.2 Å². The third-order valence-electron chi connectivity index (χ3n) is 6.52. The van der Waals surface area contributed by atoms with Crippen molar-refractivity contribution < 1.29 is 14.0 Å². The number of nitriles is 1. The maximum atomic E-state index is 13.2. The highest BCUT2D eigenvalue weighted by molar-refractivity contribution is 5.87. The first kappa shape index (κ1) is 19.8. The molecule has 5 atom stereocenters. The number of halogens is 1. The van der Waals surface area contributed by atoms with Crippen LogP contribution in [0.1, 0.15) is 37.8 Å². The first-order chi connectivity index (χ1) is 13.9. The molecule has 8 heteroatoms. The van der Waals surface area contributed by atoms with Crippen LogP contribution < -0.4 is 5.73 Å². The van der Waals surface area contributed by atoms with Crippen LogP contribution in [0.4, 0.5) is 4.39 Å². The molecule has 1 aromatic carbocycles. The van der Waals surface area contributed by atoms with Crippen LogP contribution in [0, 0.1) is 17.1 Å². The summed E-state index contributed by atoms with van der Waals surface area (Å²) in [5.41, 5.74) is 7.07. The second-order valence-electron chi connectivity index (χ2n) is 8.26. The Bertz CT molecular complexity index is 838. The van der Waals surface area contributed by atoms with Gasteiger partial charge in [0.15, 0.2) is 0 Å². The summed E-state index contributed by atoms with van der Waals surface area (Å²) in [6.45, 7) is 3.52. The van der Waals surface area contributed by atoms with Gasteiger partial charge >= 0.3 is 0 Å². The summed E-state index contributed by atoms with van der Waals surface area (Å²) >= 11 is 0. The molecule has 7 nitrogen and oxygen atoms in total. The molecule has 1 aromatic rings. The fourth-order valence-corrected chi connectivity index (χ4v) is 5.01. The Morgan fingerprint density at radius 1 is 1.38 bits per heavy atom. The van der Waals surface area contributed by atoms with E-state index >= 15 is 0 Å². The van der Waals surface area contributed by atoms with Crippen molar-refractivity contribution in [3.05, 3.63) is 35.6 Å². The SMILES string of the molecule is C[C@H](c1ccc(F)cc1)N1C(=O)C2CC1CN2CC(N)C(=O)N1CCC[C@H]1C#N. The van der Waals surface area contributed by atoms with Gasteiger partial charge < -0.3 is 15.5 Å². The Balaban J connectivity index is 1.39. The number of hydrogen-bond donors (Lipinski definition) is 1. The van der Waals surface area contributed by atoms with Gasteiger partial charge in [-0.15, -0.1) is 0 Å². The highest BCUT2D eigenvalue weighted by atomic mass is 19.1. The molecule has 2 N–H and O–H groups in total. The van der Waals surface area contributed by atoms with Crippen molar-refractivity contribution in [2.45, 2.75) is 56.4 Å². The standard InChI is InChI=1S/C21H26FN5O2/c1-13(14-4-6-15(22)7-5-14)27-17-9-19(21(27)29)25(11-17)12-18(24)20(28)26-8-2-3-16(26)10-23/h4-7,13,16-19H,2-3,8-9,11-12,24H2,1H3/t13-,16+,17?,18?,19?/m1/s1. The zero-order valence-electron chi connectivity index (χ0n) is 16.5. The third-order valence-corrected chi connectivity index (χ3v) is 6.52. The fourth-order valence-electron chi connectivity index (χ4n) is 5.01. The Morgan fingerprint density at radius 3 is 2.76 bits per heavy atom. The Labute approximate surface area is 169 Å². The van der Waals surface area contributed by atoms with Crippen molar-refractivity contribution in [2.75, 3.05) is 19.6 Å². The number of piperazine rings is 1. The molecule has 0 spiro atoms. The van der Waals surface area contributed by atoms with E-state index in [1.54, 1.807) is 17.0 Å². The van der Waals surface area contributed by atoms with Crippen LogP contribution in [0.3, 0.4) is 0 Å². The number of nitrogens with zero attached hydrogens (tertiary/aromatic N) is 4. The minimum Gasteiger partial charge on any atom is -0.330 e. The van der Waals surface area contributed by atoms with Crippen molar-refractivity contribution in [1.29, 1.82) is 5.26 Å². The predicted molar refractivity (Wildman–Crippen MR) is 104 cm³/mol. The van der Waals surface area contributed by atoms with Crippen molar-refractivity contribution in [1.82, 2.24) is 14.7 Å². The van der Waals surface area contributed by atoms with E-state index in [1.165, 1.54) is 12.1 Å². The topological polar surface area (TPSA) is 93.7 Å². The van der Waals surface area contributed by atoms with Crippen LogP contribution in [0.5, 0.6) is 0 Å². The van der Waals surface area contributed by atoms with Gasteiger partial charge in [-0.05, 0) is 43.9 Å². The summed E-state index contributed by atoms with van der Waals surface area (Å²) in [6, 6.07) is 6.96. The summed E-state index contributed by atoms with van der Waals surface area (Å²) in [6.07, 6.45) is 2.23. The maximum absolute atomic E-state index is 13.2. The van der Waals surface area contributed by atoms with E-state index in [0.29, 0.717) is 26.1 Å². The van der Waals surface area contributed by atoms with E-state index in [2.05, 4.69) is 6.07 Å². The minimum atomic E-state index is -0.737. The number of hydrogen-bond acceptors (Lipinski definition) is 5. The Morgan fingerprint density at radius 2 is 2.10 bits per heavy atom. The molecule has 0 radical (unpaired) electrons. The predicted octanol–water partition coefficient (Wildman–Crippen LogP) is 1.01. The lowest BCUT2D eigenvalue weighted by molar-refractivity contribution is -0.140. The number of amides is 2. The molecule has 29 heavy (non-hydrogen) atoms. The molecule has 3 aliphatic rings. The third kappa shape index (κ3) is 3.49. The monoisotopic (exact) mass is 399 g/mol. The molecule has 3 saturated heterocycles. The molecule has 4 rings (SSSR count). The summed E-state index contributed by atoms with van der Waals surface area (Å²) < 4.78 is 13.2. The largest absolute Gasteiger partial charge is 0.330 e. The molecule has 3 heterocycles. The van der Waals surface area contributed by atoms with Gasteiger partial charge in [0, 0.05) is 25.7 Å². The molecule has 3 aliphatic heterocycles. The zero-order chi connectivity index (χ0) is 20.7. The fraction of sp³-hybridized carbons (Fsp3) is 0.571. The molecule has 3 fully saturated rings. The lowest BCUT2D eigenvalue weighted by Crippen LogP contribution is -2.56. The van der Waals surface area contributed by atoms with Crippen LogP contribution in [-0.2, 0) is 9.59 Å². The number of carbonyl (C=O) groups excluding carboxylic acids is 2. The van der Waals surface area contributed by atoms with E-state index in [1.807, 2.05) is 16.7 Å². The van der Waals surface area contributed by atoms with E-state index in [-0.39, 0.29) is 35.8 Å². The Kier molecular flexibility index (Phi) is 5.28. The van der Waals surface area contributed by atoms with Crippen LogP contribution in [0.2, 0.25) is 0 Å². The maximum Gasteiger partial charge on any atom is 0.241 e. The number of fused-ring (bicyclic) bond motifs is 2. The summed E-state index contributed by atoms with van der Waals surface area (Å²) in [5.74, 6) is -0.466. The molecule has 0 aliphatic carbocycles. The van der Waals surface area contributed by atoms with E-state index in [0.717, 1.165) is 18.4 Å². The smallest absolute Gasteiger partial charge is 0.241 e. The van der Waals surface area contributed by atoms with Gasteiger partial charge in [0.25, 0.3) is 0 Å². The number of likely N-dealkylation sites (tertiary alicyclic amines) is 3. The van der Waals surface area contributed by atoms with Gasteiger partial charge in [-0.2, -0.15) is 5.26 Å². The van der Waals surface area contributed by atoms with Crippen molar-refractivity contribution in [3.8, 4) is 6.07 Å². The first-order valence-corrected chi connectivity index (χ1v) is 10.2. The average Bonchev–Trinajstić information content (AvgIpc) is 3.41. The van der Waals surface area contributed by atoms with Gasteiger partial charge in [0.05, 0.1) is 24.2 Å². The van der Waals surface area contributed by atoms with Crippen LogP contribution in [-0.4, -0.2) is 70.3 Å². The van der Waals surface area contributed by atoms with Crippen molar-refractivity contribution in [3.63, 3.8) is 0 Å².